The molecule has 2 amide bonds. The van der Waals surface area contributed by atoms with Gasteiger partial charge in [-0.05, 0) is 50.1 Å². The molecule has 1 aliphatic rings. The van der Waals surface area contributed by atoms with E-state index in [4.69, 9.17) is 0 Å². The first kappa shape index (κ1) is 20.0. The van der Waals surface area contributed by atoms with Crippen molar-refractivity contribution in [2.45, 2.75) is 39.0 Å². The number of aromatic nitrogens is 1. The number of benzene rings is 2. The van der Waals surface area contributed by atoms with Gasteiger partial charge in [-0.25, -0.2) is 4.39 Å². The van der Waals surface area contributed by atoms with Crippen LogP contribution in [0.15, 0.2) is 48.5 Å². The minimum atomic E-state index is -0.526. The summed E-state index contributed by atoms with van der Waals surface area (Å²) >= 11 is 0. The molecule has 0 spiro atoms. The first-order valence-electron chi connectivity index (χ1n) is 10.3. The van der Waals surface area contributed by atoms with Crippen molar-refractivity contribution in [2.24, 2.45) is 5.92 Å². The van der Waals surface area contributed by atoms with Crippen LogP contribution in [0, 0.1) is 18.7 Å². The average Bonchev–Trinajstić information content (AvgIpc) is 2.76. The maximum Gasteiger partial charge on any atom is 0.256 e. The van der Waals surface area contributed by atoms with Crippen molar-refractivity contribution in [3.63, 3.8) is 0 Å². The summed E-state index contributed by atoms with van der Waals surface area (Å²) in [6.45, 7) is 1.83. The Morgan fingerprint density at radius 1 is 1.00 bits per heavy atom. The highest BCUT2D eigenvalue weighted by Crippen LogP contribution is 2.27. The lowest BCUT2D eigenvalue weighted by molar-refractivity contribution is -0.120. The van der Waals surface area contributed by atoms with E-state index >= 15 is 0 Å². The Kier molecular flexibility index (Phi) is 5.74. The number of hydrogen-bond donors (Lipinski definition) is 2. The number of amides is 2. The third-order valence-electron chi connectivity index (χ3n) is 5.55. The molecule has 0 saturated heterocycles. The Balaban J connectivity index is 1.55. The van der Waals surface area contributed by atoms with E-state index in [0.29, 0.717) is 11.3 Å². The molecule has 0 atom stereocenters. The molecule has 1 heterocycles. The fourth-order valence-corrected chi connectivity index (χ4v) is 3.99. The molecule has 0 unspecified atom stereocenters. The van der Waals surface area contributed by atoms with Crippen molar-refractivity contribution in [1.82, 2.24) is 4.98 Å². The highest BCUT2D eigenvalue weighted by Gasteiger charge is 2.22. The molecule has 2 aromatic carbocycles. The molecule has 0 bridgehead atoms. The molecule has 6 heteroatoms. The molecule has 4 rings (SSSR count). The van der Waals surface area contributed by atoms with Gasteiger partial charge in [0, 0.05) is 22.7 Å². The Bertz CT molecular complexity index is 1110. The van der Waals surface area contributed by atoms with Crippen LogP contribution < -0.4 is 10.6 Å². The summed E-state index contributed by atoms with van der Waals surface area (Å²) in [5.41, 5.74) is 2.47. The number of aryl methyl sites for hydroxylation is 1. The SMILES string of the molecule is Cc1cc(C(=O)Nc2ccc(F)c(NC(=O)C3CCCCC3)c2)c2ccccc2n1. The van der Waals surface area contributed by atoms with Crippen LogP contribution in [-0.4, -0.2) is 16.8 Å². The highest BCUT2D eigenvalue weighted by atomic mass is 19.1. The zero-order valence-electron chi connectivity index (χ0n) is 16.9. The monoisotopic (exact) mass is 405 g/mol. The fraction of sp³-hybridized carbons (Fsp3) is 0.292. The highest BCUT2D eigenvalue weighted by molar-refractivity contribution is 6.12. The first-order chi connectivity index (χ1) is 14.5. The zero-order valence-corrected chi connectivity index (χ0v) is 16.9. The van der Waals surface area contributed by atoms with Crippen LogP contribution in [0.25, 0.3) is 10.9 Å². The predicted octanol–water partition coefficient (Wildman–Crippen LogP) is 5.45. The minimum Gasteiger partial charge on any atom is -0.323 e. The van der Waals surface area contributed by atoms with E-state index in [9.17, 15) is 14.0 Å². The number of carbonyl (C=O) groups excluding carboxylic acids is 2. The van der Waals surface area contributed by atoms with E-state index in [1.54, 1.807) is 6.07 Å². The van der Waals surface area contributed by atoms with Crippen molar-refractivity contribution in [3.8, 4) is 0 Å². The quantitative estimate of drug-likeness (QED) is 0.606. The topological polar surface area (TPSA) is 71.1 Å². The van der Waals surface area contributed by atoms with Crippen molar-refractivity contribution < 1.29 is 14.0 Å². The Hall–Kier alpha value is -3.28. The summed E-state index contributed by atoms with van der Waals surface area (Å²) < 4.78 is 14.3. The molecule has 0 radical (unpaired) electrons. The number of hydrogen-bond acceptors (Lipinski definition) is 3. The number of halogens is 1. The lowest BCUT2D eigenvalue weighted by Gasteiger charge is -2.21. The van der Waals surface area contributed by atoms with Crippen molar-refractivity contribution in [1.29, 1.82) is 0 Å². The smallest absolute Gasteiger partial charge is 0.256 e. The number of anilines is 2. The van der Waals surface area contributed by atoms with Gasteiger partial charge in [-0.1, -0.05) is 37.5 Å². The fourth-order valence-electron chi connectivity index (χ4n) is 3.99. The predicted molar refractivity (Wildman–Crippen MR) is 116 cm³/mol. The van der Waals surface area contributed by atoms with E-state index in [-0.39, 0.29) is 23.4 Å². The third kappa shape index (κ3) is 4.32. The maximum absolute atomic E-state index is 14.3. The Labute approximate surface area is 174 Å². The second-order valence-electron chi connectivity index (χ2n) is 7.80. The average molecular weight is 405 g/mol. The van der Waals surface area contributed by atoms with Crippen LogP contribution in [-0.2, 0) is 4.79 Å². The van der Waals surface area contributed by atoms with Crippen LogP contribution in [0.1, 0.15) is 48.2 Å². The summed E-state index contributed by atoms with van der Waals surface area (Å²) in [5, 5.41) is 6.25. The van der Waals surface area contributed by atoms with E-state index in [0.717, 1.165) is 48.7 Å². The molecule has 1 fully saturated rings. The van der Waals surface area contributed by atoms with Gasteiger partial charge in [0.05, 0.1) is 16.8 Å². The van der Waals surface area contributed by atoms with Gasteiger partial charge in [0.15, 0.2) is 0 Å². The number of nitrogens with one attached hydrogen (secondary N) is 2. The number of para-hydroxylation sites is 1. The molecule has 5 nitrogen and oxygen atoms in total. The first-order valence-corrected chi connectivity index (χ1v) is 10.3. The second-order valence-corrected chi connectivity index (χ2v) is 7.80. The van der Waals surface area contributed by atoms with Crippen molar-refractivity contribution >= 4 is 34.1 Å². The number of nitrogens with zero attached hydrogens (tertiary/aromatic N) is 1. The summed E-state index contributed by atoms with van der Waals surface area (Å²) in [5.74, 6) is -1.08. The van der Waals surface area contributed by atoms with Gasteiger partial charge >= 0.3 is 0 Å². The normalized spacial score (nSPS) is 14.5. The van der Waals surface area contributed by atoms with E-state index < -0.39 is 5.82 Å². The van der Waals surface area contributed by atoms with Crippen molar-refractivity contribution in [2.75, 3.05) is 10.6 Å². The summed E-state index contributed by atoms with van der Waals surface area (Å²) in [7, 11) is 0. The molecular formula is C24H24FN3O2. The van der Waals surface area contributed by atoms with Crippen LogP contribution in [0.2, 0.25) is 0 Å². The lowest BCUT2D eigenvalue weighted by Crippen LogP contribution is -2.25. The number of carbonyl (C=O) groups is 2. The van der Waals surface area contributed by atoms with E-state index in [1.165, 1.54) is 18.2 Å². The molecule has 2 N–H and O–H groups in total. The lowest BCUT2D eigenvalue weighted by atomic mass is 9.88. The number of rotatable bonds is 4. The molecule has 1 aliphatic carbocycles. The standard InChI is InChI=1S/C24H24FN3O2/c1-15-13-19(18-9-5-6-10-21(18)26-15)24(30)27-17-11-12-20(25)22(14-17)28-23(29)16-7-3-2-4-8-16/h5-6,9-14,16H,2-4,7-8H2,1H3,(H,27,30)(H,28,29). The van der Waals surface area contributed by atoms with Crippen LogP contribution in [0.4, 0.5) is 15.8 Å². The van der Waals surface area contributed by atoms with Crippen LogP contribution >= 0.6 is 0 Å². The van der Waals surface area contributed by atoms with Crippen molar-refractivity contribution in [3.05, 3.63) is 65.6 Å². The second kappa shape index (κ2) is 8.61. The summed E-state index contributed by atoms with van der Waals surface area (Å²) in [6, 6.07) is 13.4. The molecule has 0 aliphatic heterocycles. The van der Waals surface area contributed by atoms with Gasteiger partial charge < -0.3 is 10.6 Å². The molecule has 1 saturated carbocycles. The van der Waals surface area contributed by atoms with Gasteiger partial charge in [0.2, 0.25) is 5.91 Å². The minimum absolute atomic E-state index is 0.0810. The third-order valence-corrected chi connectivity index (χ3v) is 5.55. The number of fused-ring (bicyclic) bond motifs is 1. The summed E-state index contributed by atoms with van der Waals surface area (Å²) in [6.07, 6.45) is 4.85. The van der Waals surface area contributed by atoms with Gasteiger partial charge in [0.25, 0.3) is 5.91 Å². The zero-order chi connectivity index (χ0) is 21.1. The molecule has 1 aromatic heterocycles. The van der Waals surface area contributed by atoms with Gasteiger partial charge in [-0.3, -0.25) is 14.6 Å². The molecule has 30 heavy (non-hydrogen) atoms. The maximum atomic E-state index is 14.3. The van der Waals surface area contributed by atoms with Gasteiger partial charge in [0.1, 0.15) is 5.82 Å². The Morgan fingerprint density at radius 3 is 2.57 bits per heavy atom. The summed E-state index contributed by atoms with van der Waals surface area (Å²) in [4.78, 5) is 29.9. The van der Waals surface area contributed by atoms with Crippen LogP contribution in [0.5, 0.6) is 0 Å². The van der Waals surface area contributed by atoms with E-state index in [2.05, 4.69) is 15.6 Å². The van der Waals surface area contributed by atoms with Gasteiger partial charge in [-0.15, -0.1) is 0 Å². The number of pyridine rings is 1. The van der Waals surface area contributed by atoms with Crippen LogP contribution in [0.3, 0.4) is 0 Å². The molecular weight excluding hydrogens is 381 g/mol. The largest absolute Gasteiger partial charge is 0.323 e. The van der Waals surface area contributed by atoms with E-state index in [1.807, 2.05) is 31.2 Å². The molecule has 154 valence electrons. The Morgan fingerprint density at radius 2 is 1.77 bits per heavy atom. The molecule has 3 aromatic rings. The van der Waals surface area contributed by atoms with Gasteiger partial charge in [-0.2, -0.15) is 0 Å².